The Morgan fingerprint density at radius 1 is 1.26 bits per heavy atom. The van der Waals surface area contributed by atoms with Crippen LogP contribution in [0.2, 0.25) is 0 Å². The van der Waals surface area contributed by atoms with Gasteiger partial charge in [0, 0.05) is 31.6 Å². The zero-order chi connectivity index (χ0) is 16.2. The summed E-state index contributed by atoms with van der Waals surface area (Å²) in [4.78, 5) is 17.0. The summed E-state index contributed by atoms with van der Waals surface area (Å²) in [6.07, 6.45) is 5.29. The molecule has 0 aromatic heterocycles. The van der Waals surface area contributed by atoms with Crippen molar-refractivity contribution in [2.75, 3.05) is 26.7 Å². The molecule has 3 rings (SSSR count). The minimum absolute atomic E-state index is 0.275. The lowest BCUT2D eigenvalue weighted by atomic mass is 9.97. The van der Waals surface area contributed by atoms with Gasteiger partial charge in [0.25, 0.3) is 0 Å². The minimum Gasteiger partial charge on any atom is -0.496 e. The van der Waals surface area contributed by atoms with Gasteiger partial charge in [0.1, 0.15) is 5.75 Å². The predicted octanol–water partition coefficient (Wildman–Crippen LogP) is 2.71. The number of carbonyl (C=O) groups is 1. The van der Waals surface area contributed by atoms with E-state index in [1.165, 1.54) is 25.8 Å². The summed E-state index contributed by atoms with van der Waals surface area (Å²) in [6, 6.07) is 9.22. The molecule has 1 aromatic rings. The SMILES string of the molecule is COc1ccccc1CCC(=O)N1CC(N2CCCCC2C)C1. The predicted molar refractivity (Wildman–Crippen MR) is 91.7 cm³/mol. The van der Waals surface area contributed by atoms with Gasteiger partial charge in [0.05, 0.1) is 7.11 Å². The van der Waals surface area contributed by atoms with Crippen LogP contribution in [0.25, 0.3) is 0 Å². The Morgan fingerprint density at radius 2 is 2.04 bits per heavy atom. The van der Waals surface area contributed by atoms with E-state index >= 15 is 0 Å². The molecule has 0 N–H and O–H groups in total. The summed E-state index contributed by atoms with van der Waals surface area (Å²) < 4.78 is 5.36. The van der Waals surface area contributed by atoms with Crippen LogP contribution in [-0.2, 0) is 11.2 Å². The highest BCUT2D eigenvalue weighted by molar-refractivity contribution is 5.77. The number of ether oxygens (including phenoxy) is 1. The van der Waals surface area contributed by atoms with E-state index < -0.39 is 0 Å². The fourth-order valence-electron chi connectivity index (χ4n) is 3.84. The molecule has 1 unspecified atom stereocenters. The summed E-state index contributed by atoms with van der Waals surface area (Å²) in [6.45, 7) is 5.35. The summed E-state index contributed by atoms with van der Waals surface area (Å²) in [5.74, 6) is 1.15. The van der Waals surface area contributed by atoms with E-state index in [2.05, 4.69) is 11.8 Å². The first kappa shape index (κ1) is 16.3. The number of nitrogens with zero attached hydrogens (tertiary/aromatic N) is 2. The van der Waals surface area contributed by atoms with Crippen LogP contribution >= 0.6 is 0 Å². The topological polar surface area (TPSA) is 32.8 Å². The zero-order valence-corrected chi connectivity index (χ0v) is 14.3. The molecule has 4 nitrogen and oxygen atoms in total. The van der Waals surface area contributed by atoms with Crippen LogP contribution in [0, 0.1) is 0 Å². The number of para-hydroxylation sites is 1. The first-order chi connectivity index (χ1) is 11.2. The second kappa shape index (κ2) is 7.35. The molecule has 1 aromatic carbocycles. The van der Waals surface area contributed by atoms with E-state index in [1.54, 1.807) is 7.11 Å². The van der Waals surface area contributed by atoms with Crippen molar-refractivity contribution in [2.45, 2.75) is 51.1 Å². The maximum Gasteiger partial charge on any atom is 0.223 e. The summed E-state index contributed by atoms with van der Waals surface area (Å²) in [7, 11) is 1.68. The van der Waals surface area contributed by atoms with E-state index in [4.69, 9.17) is 4.74 Å². The highest BCUT2D eigenvalue weighted by atomic mass is 16.5. The van der Waals surface area contributed by atoms with E-state index in [-0.39, 0.29) is 5.91 Å². The fourth-order valence-corrected chi connectivity index (χ4v) is 3.84. The lowest BCUT2D eigenvalue weighted by molar-refractivity contribution is -0.139. The van der Waals surface area contributed by atoms with Gasteiger partial charge in [-0.05, 0) is 44.4 Å². The highest BCUT2D eigenvalue weighted by Gasteiger charge is 2.37. The highest BCUT2D eigenvalue weighted by Crippen LogP contribution is 2.25. The summed E-state index contributed by atoms with van der Waals surface area (Å²) >= 11 is 0. The Kier molecular flexibility index (Phi) is 5.21. The van der Waals surface area contributed by atoms with Crippen LogP contribution in [0.15, 0.2) is 24.3 Å². The van der Waals surface area contributed by atoms with Crippen molar-refractivity contribution >= 4 is 5.91 Å². The number of carbonyl (C=O) groups excluding carboxylic acids is 1. The van der Waals surface area contributed by atoms with Gasteiger partial charge in [-0.3, -0.25) is 9.69 Å². The van der Waals surface area contributed by atoms with E-state index in [0.29, 0.717) is 18.5 Å². The van der Waals surface area contributed by atoms with Crippen LogP contribution in [0.3, 0.4) is 0 Å². The molecule has 0 bridgehead atoms. The monoisotopic (exact) mass is 316 g/mol. The van der Waals surface area contributed by atoms with Gasteiger partial charge in [-0.2, -0.15) is 0 Å². The summed E-state index contributed by atoms with van der Waals surface area (Å²) in [5.41, 5.74) is 1.12. The molecular formula is C19H28N2O2. The van der Waals surface area contributed by atoms with Crippen LogP contribution in [0.4, 0.5) is 0 Å². The van der Waals surface area contributed by atoms with Gasteiger partial charge in [0.15, 0.2) is 0 Å². The van der Waals surface area contributed by atoms with Gasteiger partial charge in [-0.25, -0.2) is 0 Å². The van der Waals surface area contributed by atoms with Crippen molar-refractivity contribution < 1.29 is 9.53 Å². The Morgan fingerprint density at radius 3 is 2.78 bits per heavy atom. The molecule has 2 aliphatic heterocycles. The van der Waals surface area contributed by atoms with Gasteiger partial charge >= 0.3 is 0 Å². The van der Waals surface area contributed by atoms with Gasteiger partial charge in [0.2, 0.25) is 5.91 Å². The first-order valence-corrected chi connectivity index (χ1v) is 8.84. The number of hydrogen-bond acceptors (Lipinski definition) is 3. The number of aryl methyl sites for hydroxylation is 1. The van der Waals surface area contributed by atoms with E-state index in [9.17, 15) is 4.79 Å². The molecule has 23 heavy (non-hydrogen) atoms. The Hall–Kier alpha value is -1.55. The van der Waals surface area contributed by atoms with Crippen LogP contribution < -0.4 is 4.74 Å². The molecule has 2 aliphatic rings. The van der Waals surface area contributed by atoms with Crippen molar-refractivity contribution in [1.29, 1.82) is 0 Å². The van der Waals surface area contributed by atoms with Gasteiger partial charge in [-0.1, -0.05) is 24.6 Å². The van der Waals surface area contributed by atoms with E-state index in [0.717, 1.165) is 30.8 Å². The second-order valence-corrected chi connectivity index (χ2v) is 6.85. The average molecular weight is 316 g/mol. The largest absolute Gasteiger partial charge is 0.496 e. The summed E-state index contributed by atoms with van der Waals surface area (Å²) in [5, 5.41) is 0. The maximum atomic E-state index is 12.4. The number of benzene rings is 1. The number of rotatable bonds is 5. The maximum absolute atomic E-state index is 12.4. The zero-order valence-electron chi connectivity index (χ0n) is 14.3. The molecule has 0 aliphatic carbocycles. The third-order valence-corrected chi connectivity index (χ3v) is 5.34. The smallest absolute Gasteiger partial charge is 0.223 e. The number of methoxy groups -OCH3 is 1. The standard InChI is InChI=1S/C19H28N2O2/c1-15-7-5-6-12-21(15)17-13-20(14-17)19(22)11-10-16-8-3-4-9-18(16)23-2/h3-4,8-9,15,17H,5-7,10-14H2,1-2H3. The van der Waals surface area contributed by atoms with Crippen LogP contribution in [0.1, 0.15) is 38.2 Å². The molecule has 2 heterocycles. The number of hydrogen-bond donors (Lipinski definition) is 0. The first-order valence-electron chi connectivity index (χ1n) is 8.84. The third kappa shape index (κ3) is 3.69. The molecule has 2 fully saturated rings. The second-order valence-electron chi connectivity index (χ2n) is 6.85. The molecule has 1 amide bonds. The molecule has 126 valence electrons. The quantitative estimate of drug-likeness (QED) is 0.837. The van der Waals surface area contributed by atoms with Crippen molar-refractivity contribution in [3.8, 4) is 5.75 Å². The Balaban J connectivity index is 1.45. The number of piperidine rings is 1. The van der Waals surface area contributed by atoms with Crippen LogP contribution in [0.5, 0.6) is 5.75 Å². The molecule has 2 saturated heterocycles. The Labute approximate surface area is 139 Å². The normalized spacial score (nSPS) is 22.7. The minimum atomic E-state index is 0.275. The van der Waals surface area contributed by atoms with Crippen molar-refractivity contribution in [3.63, 3.8) is 0 Å². The lowest BCUT2D eigenvalue weighted by Crippen LogP contribution is -2.63. The third-order valence-electron chi connectivity index (χ3n) is 5.34. The molecule has 1 atom stereocenters. The molecule has 0 radical (unpaired) electrons. The van der Waals surface area contributed by atoms with Crippen molar-refractivity contribution in [3.05, 3.63) is 29.8 Å². The van der Waals surface area contributed by atoms with Crippen LogP contribution in [-0.4, -0.2) is 54.5 Å². The molecule has 0 saturated carbocycles. The fraction of sp³-hybridized carbons (Fsp3) is 0.632. The van der Waals surface area contributed by atoms with Crippen molar-refractivity contribution in [1.82, 2.24) is 9.80 Å². The number of amides is 1. The molecule has 0 spiro atoms. The van der Waals surface area contributed by atoms with Gasteiger partial charge < -0.3 is 9.64 Å². The van der Waals surface area contributed by atoms with Crippen molar-refractivity contribution in [2.24, 2.45) is 0 Å². The molecular weight excluding hydrogens is 288 g/mol. The van der Waals surface area contributed by atoms with E-state index in [1.807, 2.05) is 29.2 Å². The number of likely N-dealkylation sites (tertiary alicyclic amines) is 2. The molecule has 4 heteroatoms. The van der Waals surface area contributed by atoms with Gasteiger partial charge in [-0.15, -0.1) is 0 Å². The Bertz CT molecular complexity index is 540. The lowest BCUT2D eigenvalue weighted by Gasteiger charge is -2.49. The average Bonchev–Trinajstić information content (AvgIpc) is 2.53.